The third-order valence-corrected chi connectivity index (χ3v) is 4.39. The normalized spacial score (nSPS) is 12.1. The maximum absolute atomic E-state index is 12.5. The molecule has 1 atom stereocenters. The lowest BCUT2D eigenvalue weighted by molar-refractivity contribution is -0.139. The zero-order chi connectivity index (χ0) is 19.7. The summed E-state index contributed by atoms with van der Waals surface area (Å²) in [5, 5.41) is 12.7. The number of benzene rings is 1. The molecule has 0 aliphatic rings. The molecule has 2 heterocycles. The van der Waals surface area contributed by atoms with E-state index in [4.69, 9.17) is 0 Å². The van der Waals surface area contributed by atoms with Gasteiger partial charge >= 0.3 is 11.7 Å². The van der Waals surface area contributed by atoms with Gasteiger partial charge in [-0.3, -0.25) is 14.2 Å². The number of para-hydroxylation sites is 1. The van der Waals surface area contributed by atoms with Crippen LogP contribution in [-0.4, -0.2) is 37.1 Å². The van der Waals surface area contributed by atoms with Crippen molar-refractivity contribution in [2.75, 3.05) is 0 Å². The number of carboxylic acid groups (broad SMARTS) is 1. The fourth-order valence-corrected chi connectivity index (χ4v) is 2.92. The summed E-state index contributed by atoms with van der Waals surface area (Å²) in [6.07, 6.45) is 2.83. The first kappa shape index (κ1) is 18.2. The average Bonchev–Trinajstić information content (AvgIpc) is 3.05. The van der Waals surface area contributed by atoms with Crippen molar-refractivity contribution in [3.63, 3.8) is 0 Å². The van der Waals surface area contributed by atoms with Gasteiger partial charge in [0.15, 0.2) is 0 Å². The van der Waals surface area contributed by atoms with Gasteiger partial charge in [-0.05, 0) is 11.6 Å². The topological polar surface area (TPSA) is 126 Å². The van der Waals surface area contributed by atoms with Crippen LogP contribution in [0.25, 0.3) is 10.9 Å². The van der Waals surface area contributed by atoms with Crippen molar-refractivity contribution < 1.29 is 14.7 Å². The number of aromatic amines is 1. The average molecular weight is 370 g/mol. The number of hydrogen-bond acceptors (Lipinski definition) is 4. The Morgan fingerprint density at radius 3 is 2.63 bits per heavy atom. The highest BCUT2D eigenvalue weighted by atomic mass is 16.4. The van der Waals surface area contributed by atoms with Crippen molar-refractivity contribution in [1.29, 1.82) is 0 Å². The predicted octanol–water partition coefficient (Wildman–Crippen LogP) is -0.00900. The molecular weight excluding hydrogens is 352 g/mol. The molecule has 3 aromatic rings. The van der Waals surface area contributed by atoms with Gasteiger partial charge in [-0.15, -0.1) is 0 Å². The summed E-state index contributed by atoms with van der Waals surface area (Å²) in [6.45, 7) is 0. The van der Waals surface area contributed by atoms with Gasteiger partial charge in [-0.25, -0.2) is 9.59 Å². The number of fused-ring (bicyclic) bond motifs is 1. The number of H-pyrrole nitrogens is 1. The first-order valence-corrected chi connectivity index (χ1v) is 8.15. The van der Waals surface area contributed by atoms with Gasteiger partial charge < -0.3 is 20.0 Å². The largest absolute Gasteiger partial charge is 0.480 e. The van der Waals surface area contributed by atoms with Crippen LogP contribution in [0.15, 0.2) is 46.2 Å². The zero-order valence-electron chi connectivity index (χ0n) is 14.7. The highest BCUT2D eigenvalue weighted by molar-refractivity contribution is 5.96. The molecule has 27 heavy (non-hydrogen) atoms. The number of nitrogens with one attached hydrogen (secondary N) is 2. The lowest BCUT2D eigenvalue weighted by Gasteiger charge is -2.15. The molecule has 140 valence electrons. The van der Waals surface area contributed by atoms with Crippen LogP contribution in [0.1, 0.15) is 15.9 Å². The number of rotatable bonds is 5. The van der Waals surface area contributed by atoms with Gasteiger partial charge in [0.1, 0.15) is 11.6 Å². The second kappa shape index (κ2) is 6.94. The Balaban J connectivity index is 1.89. The van der Waals surface area contributed by atoms with Crippen molar-refractivity contribution in [1.82, 2.24) is 19.4 Å². The number of carbonyl (C=O) groups excluding carboxylic acids is 1. The van der Waals surface area contributed by atoms with E-state index in [2.05, 4.69) is 10.3 Å². The first-order valence-electron chi connectivity index (χ1n) is 8.15. The van der Waals surface area contributed by atoms with Crippen LogP contribution >= 0.6 is 0 Å². The molecule has 0 bridgehead atoms. The Hall–Kier alpha value is -3.62. The van der Waals surface area contributed by atoms with E-state index in [-0.39, 0.29) is 12.0 Å². The van der Waals surface area contributed by atoms with E-state index < -0.39 is 29.2 Å². The molecule has 0 saturated heterocycles. The summed E-state index contributed by atoms with van der Waals surface area (Å²) in [5.74, 6) is -2.08. The summed E-state index contributed by atoms with van der Waals surface area (Å²) in [7, 11) is 2.65. The monoisotopic (exact) mass is 370 g/mol. The summed E-state index contributed by atoms with van der Waals surface area (Å²) in [5.41, 5.74) is -0.0803. The predicted molar refractivity (Wildman–Crippen MR) is 97.8 cm³/mol. The molecule has 9 heteroatoms. The van der Waals surface area contributed by atoms with Crippen LogP contribution in [0.3, 0.4) is 0 Å². The van der Waals surface area contributed by atoms with Crippen molar-refractivity contribution in [2.24, 2.45) is 14.1 Å². The molecule has 0 radical (unpaired) electrons. The van der Waals surface area contributed by atoms with Gasteiger partial charge in [-0.1, -0.05) is 18.2 Å². The fourth-order valence-electron chi connectivity index (χ4n) is 2.92. The second-order valence-electron chi connectivity index (χ2n) is 6.23. The van der Waals surface area contributed by atoms with Crippen LogP contribution in [-0.2, 0) is 25.3 Å². The van der Waals surface area contributed by atoms with Crippen molar-refractivity contribution in [3.8, 4) is 0 Å². The SMILES string of the molecule is Cn1cc(C(=O)NC(Cc2c[nH]c3ccccc23)C(=O)O)c(=O)n(C)c1=O. The van der Waals surface area contributed by atoms with Gasteiger partial charge in [0.25, 0.3) is 11.5 Å². The van der Waals surface area contributed by atoms with Crippen LogP contribution in [0.5, 0.6) is 0 Å². The molecule has 3 N–H and O–H groups in total. The minimum absolute atomic E-state index is 0.0389. The summed E-state index contributed by atoms with van der Waals surface area (Å²) >= 11 is 0. The maximum atomic E-state index is 12.5. The molecule has 1 amide bonds. The van der Waals surface area contributed by atoms with E-state index in [1.807, 2.05) is 24.3 Å². The van der Waals surface area contributed by atoms with Crippen molar-refractivity contribution in [2.45, 2.75) is 12.5 Å². The molecule has 2 aromatic heterocycles. The van der Waals surface area contributed by atoms with Gasteiger partial charge in [0, 0.05) is 43.8 Å². The maximum Gasteiger partial charge on any atom is 0.330 e. The number of aliphatic carboxylic acids is 1. The molecule has 0 aliphatic carbocycles. The van der Waals surface area contributed by atoms with Crippen LogP contribution in [0.4, 0.5) is 0 Å². The van der Waals surface area contributed by atoms with E-state index >= 15 is 0 Å². The van der Waals surface area contributed by atoms with Crippen LogP contribution < -0.4 is 16.6 Å². The highest BCUT2D eigenvalue weighted by Gasteiger charge is 2.24. The molecule has 3 rings (SSSR count). The Labute approximate surface area is 152 Å². The molecular formula is C18H18N4O5. The standard InChI is InChI=1S/C18H18N4O5/c1-21-9-12(16(24)22(2)18(21)27)15(23)20-14(17(25)26)7-10-8-19-13-6-4-3-5-11(10)13/h3-6,8-9,14,19H,7H2,1-2H3,(H,20,23)(H,25,26). The summed E-state index contributed by atoms with van der Waals surface area (Å²) in [6, 6.07) is 6.17. The first-order chi connectivity index (χ1) is 12.8. The number of amides is 1. The minimum atomic E-state index is -1.24. The third-order valence-electron chi connectivity index (χ3n) is 4.39. The lowest BCUT2D eigenvalue weighted by atomic mass is 10.0. The van der Waals surface area contributed by atoms with Gasteiger partial charge in [0.05, 0.1) is 0 Å². The Morgan fingerprint density at radius 2 is 1.93 bits per heavy atom. The molecule has 0 fully saturated rings. The highest BCUT2D eigenvalue weighted by Crippen LogP contribution is 2.19. The quantitative estimate of drug-likeness (QED) is 0.582. The van der Waals surface area contributed by atoms with Crippen molar-refractivity contribution >= 4 is 22.8 Å². The van der Waals surface area contributed by atoms with Crippen LogP contribution in [0.2, 0.25) is 0 Å². The minimum Gasteiger partial charge on any atom is -0.480 e. The smallest absolute Gasteiger partial charge is 0.330 e. The number of carbonyl (C=O) groups is 2. The van der Waals surface area contributed by atoms with E-state index in [9.17, 15) is 24.3 Å². The molecule has 0 aliphatic heterocycles. The van der Waals surface area contributed by atoms with Gasteiger partial charge in [-0.2, -0.15) is 0 Å². The fraction of sp³-hybridized carbons (Fsp3) is 0.222. The third kappa shape index (κ3) is 3.39. The van der Waals surface area contributed by atoms with E-state index in [1.54, 1.807) is 6.20 Å². The number of aromatic nitrogens is 3. The second-order valence-corrected chi connectivity index (χ2v) is 6.23. The molecule has 0 spiro atoms. The molecule has 1 unspecified atom stereocenters. The Morgan fingerprint density at radius 1 is 1.22 bits per heavy atom. The molecule has 9 nitrogen and oxygen atoms in total. The van der Waals surface area contributed by atoms with Gasteiger partial charge in [0.2, 0.25) is 0 Å². The Bertz CT molecular complexity index is 1150. The summed E-state index contributed by atoms with van der Waals surface area (Å²) in [4.78, 5) is 51.1. The number of carboxylic acids is 1. The van der Waals surface area contributed by atoms with E-state index in [0.717, 1.165) is 31.8 Å². The lowest BCUT2D eigenvalue weighted by Crippen LogP contribution is -2.46. The number of aryl methyl sites for hydroxylation is 1. The zero-order valence-corrected chi connectivity index (χ0v) is 14.7. The number of nitrogens with zero attached hydrogens (tertiary/aromatic N) is 2. The molecule has 0 saturated carbocycles. The van der Waals surface area contributed by atoms with E-state index in [1.165, 1.54) is 14.1 Å². The number of hydrogen-bond donors (Lipinski definition) is 3. The van der Waals surface area contributed by atoms with E-state index in [0.29, 0.717) is 0 Å². The van der Waals surface area contributed by atoms with Crippen molar-refractivity contribution in [3.05, 3.63) is 68.6 Å². The summed E-state index contributed by atoms with van der Waals surface area (Å²) < 4.78 is 1.89. The van der Waals surface area contributed by atoms with Crippen LogP contribution in [0, 0.1) is 0 Å². The Kier molecular flexibility index (Phi) is 4.68. The molecule has 1 aromatic carbocycles.